The zero-order valence-corrected chi connectivity index (χ0v) is 7.67. The second-order valence-electron chi connectivity index (χ2n) is 2.62. The number of hydrogen-bond donors (Lipinski definition) is 1. The molecule has 0 fully saturated rings. The topological polar surface area (TPSA) is 26.0 Å². The highest BCUT2D eigenvalue weighted by molar-refractivity contribution is 7.97. The molecule has 0 bridgehead atoms. The largest absolute Gasteiger partial charge is 0.417 e. The van der Waals surface area contributed by atoms with Crippen molar-refractivity contribution in [1.82, 2.24) is 0 Å². The van der Waals surface area contributed by atoms with E-state index in [9.17, 15) is 13.2 Å². The number of rotatable bonds is 1. The Morgan fingerprint density at radius 1 is 1.31 bits per heavy atom. The highest BCUT2D eigenvalue weighted by Gasteiger charge is 2.33. The molecule has 2 N–H and O–H groups in total. The summed E-state index contributed by atoms with van der Waals surface area (Å²) < 4.78 is 37.0. The summed E-state index contributed by atoms with van der Waals surface area (Å²) >= 11 is 0.611. The van der Waals surface area contributed by atoms with Gasteiger partial charge in [-0.05, 0) is 31.0 Å². The molecule has 0 spiro atoms. The van der Waals surface area contributed by atoms with E-state index in [1.807, 2.05) is 0 Å². The van der Waals surface area contributed by atoms with Gasteiger partial charge in [0.15, 0.2) is 0 Å². The van der Waals surface area contributed by atoms with Crippen LogP contribution in [0.15, 0.2) is 23.1 Å². The summed E-state index contributed by atoms with van der Waals surface area (Å²) in [6.45, 7) is 1.61. The summed E-state index contributed by atoms with van der Waals surface area (Å²) in [6, 6.07) is 4.07. The molecule has 0 aliphatic heterocycles. The molecule has 0 amide bonds. The number of halogens is 3. The van der Waals surface area contributed by atoms with Crippen LogP contribution in [-0.4, -0.2) is 0 Å². The van der Waals surface area contributed by atoms with E-state index in [0.717, 1.165) is 6.07 Å². The Bertz CT molecular complexity index is 309. The first kappa shape index (κ1) is 10.4. The summed E-state index contributed by atoms with van der Waals surface area (Å²) in [7, 11) is 0. The molecule has 0 aromatic heterocycles. The second kappa shape index (κ2) is 3.59. The Morgan fingerprint density at radius 3 is 2.38 bits per heavy atom. The number of aryl methyl sites for hydroxylation is 1. The van der Waals surface area contributed by atoms with Crippen LogP contribution in [0.3, 0.4) is 0 Å². The lowest BCUT2D eigenvalue weighted by Gasteiger charge is -2.11. The van der Waals surface area contributed by atoms with Crippen molar-refractivity contribution >= 4 is 11.9 Å². The molecule has 1 nitrogen and oxygen atoms in total. The van der Waals surface area contributed by atoms with Crippen molar-refractivity contribution in [3.63, 3.8) is 0 Å². The van der Waals surface area contributed by atoms with Crippen molar-refractivity contribution in [2.24, 2.45) is 5.14 Å². The van der Waals surface area contributed by atoms with Crippen LogP contribution >= 0.6 is 11.9 Å². The average molecular weight is 207 g/mol. The van der Waals surface area contributed by atoms with E-state index in [0.29, 0.717) is 17.5 Å². The molecule has 0 radical (unpaired) electrons. The summed E-state index contributed by atoms with van der Waals surface area (Å²) in [5, 5.41) is 5.11. The van der Waals surface area contributed by atoms with Crippen molar-refractivity contribution in [2.75, 3.05) is 0 Å². The lowest BCUT2D eigenvalue weighted by atomic mass is 10.1. The normalized spacial score (nSPS) is 11.8. The third-order valence-corrected chi connectivity index (χ3v) is 2.18. The van der Waals surface area contributed by atoms with Crippen LogP contribution in [-0.2, 0) is 6.18 Å². The van der Waals surface area contributed by atoms with Crippen LogP contribution in [0.4, 0.5) is 13.2 Å². The molecule has 0 heterocycles. The summed E-state index contributed by atoms with van der Waals surface area (Å²) in [6.07, 6.45) is -4.33. The minimum absolute atomic E-state index is 0.0538. The predicted molar refractivity (Wildman–Crippen MR) is 46.2 cm³/mol. The molecule has 0 atom stereocenters. The molecule has 72 valence electrons. The van der Waals surface area contributed by atoms with Gasteiger partial charge in [0.1, 0.15) is 0 Å². The van der Waals surface area contributed by atoms with Crippen molar-refractivity contribution in [2.45, 2.75) is 18.0 Å². The summed E-state index contributed by atoms with van der Waals surface area (Å²) in [5.74, 6) is 0. The molecule has 0 saturated carbocycles. The fourth-order valence-corrected chi connectivity index (χ4v) is 1.42. The van der Waals surface area contributed by atoms with Crippen LogP contribution < -0.4 is 5.14 Å². The van der Waals surface area contributed by atoms with Crippen LogP contribution in [0.5, 0.6) is 0 Å². The molecule has 1 aromatic carbocycles. The molecule has 0 saturated heterocycles. The second-order valence-corrected chi connectivity index (χ2v) is 3.29. The standard InChI is InChI=1S/C8H8F3NS/c1-5-2-3-7(13-12)6(4-5)8(9,10)11/h2-4H,12H2,1H3. The van der Waals surface area contributed by atoms with Crippen LogP contribution in [0.25, 0.3) is 0 Å². The quantitative estimate of drug-likeness (QED) is 0.716. The van der Waals surface area contributed by atoms with Gasteiger partial charge < -0.3 is 0 Å². The van der Waals surface area contributed by atoms with Crippen LogP contribution in [0.2, 0.25) is 0 Å². The SMILES string of the molecule is Cc1ccc(SN)c(C(F)(F)F)c1. The molecule has 0 aliphatic carbocycles. The van der Waals surface area contributed by atoms with E-state index in [1.54, 1.807) is 13.0 Å². The molecule has 0 unspecified atom stereocenters. The Hall–Kier alpha value is -0.680. The fraction of sp³-hybridized carbons (Fsp3) is 0.250. The highest BCUT2D eigenvalue weighted by atomic mass is 32.2. The van der Waals surface area contributed by atoms with Crippen molar-refractivity contribution in [3.8, 4) is 0 Å². The maximum atomic E-state index is 12.3. The predicted octanol–water partition coefficient (Wildman–Crippen LogP) is 2.98. The molecule has 1 aromatic rings. The first-order chi connectivity index (χ1) is 5.95. The fourth-order valence-electron chi connectivity index (χ4n) is 0.968. The Balaban J connectivity index is 3.24. The number of alkyl halides is 3. The van der Waals surface area contributed by atoms with Crippen molar-refractivity contribution < 1.29 is 13.2 Å². The molecular formula is C8H8F3NS. The van der Waals surface area contributed by atoms with E-state index in [2.05, 4.69) is 0 Å². The lowest BCUT2D eigenvalue weighted by molar-refractivity contribution is -0.139. The van der Waals surface area contributed by atoms with Gasteiger partial charge >= 0.3 is 6.18 Å². The molecule has 5 heteroatoms. The monoisotopic (exact) mass is 207 g/mol. The van der Waals surface area contributed by atoms with Crippen LogP contribution in [0.1, 0.15) is 11.1 Å². The van der Waals surface area contributed by atoms with E-state index >= 15 is 0 Å². The Labute approximate surface area is 78.3 Å². The van der Waals surface area contributed by atoms with Gasteiger partial charge in [-0.3, -0.25) is 5.14 Å². The van der Waals surface area contributed by atoms with Gasteiger partial charge in [-0.1, -0.05) is 11.6 Å². The summed E-state index contributed by atoms with van der Waals surface area (Å²) in [5.41, 5.74) is -0.0925. The average Bonchev–Trinajstić information content (AvgIpc) is 2.03. The third-order valence-electron chi connectivity index (χ3n) is 1.57. The molecule has 0 aliphatic rings. The van der Waals surface area contributed by atoms with Gasteiger partial charge in [0.2, 0.25) is 0 Å². The van der Waals surface area contributed by atoms with E-state index in [4.69, 9.17) is 5.14 Å². The zero-order chi connectivity index (χ0) is 10.1. The minimum Gasteiger partial charge on any atom is -0.274 e. The zero-order valence-electron chi connectivity index (χ0n) is 6.85. The Kier molecular flexibility index (Phi) is 2.87. The van der Waals surface area contributed by atoms with Crippen LogP contribution in [0, 0.1) is 6.92 Å². The maximum absolute atomic E-state index is 12.3. The van der Waals surface area contributed by atoms with Gasteiger partial charge in [0.05, 0.1) is 5.56 Å². The highest BCUT2D eigenvalue weighted by Crippen LogP contribution is 2.35. The molecule has 13 heavy (non-hydrogen) atoms. The number of benzene rings is 1. The van der Waals surface area contributed by atoms with E-state index < -0.39 is 11.7 Å². The van der Waals surface area contributed by atoms with E-state index in [1.165, 1.54) is 6.07 Å². The smallest absolute Gasteiger partial charge is 0.274 e. The molecule has 1 rings (SSSR count). The van der Waals surface area contributed by atoms with Gasteiger partial charge in [-0.15, -0.1) is 0 Å². The first-order valence-electron chi connectivity index (χ1n) is 3.49. The lowest BCUT2D eigenvalue weighted by Crippen LogP contribution is -2.07. The number of hydrogen-bond acceptors (Lipinski definition) is 2. The van der Waals surface area contributed by atoms with Gasteiger partial charge in [0, 0.05) is 4.90 Å². The van der Waals surface area contributed by atoms with Gasteiger partial charge in [-0.2, -0.15) is 13.2 Å². The Morgan fingerprint density at radius 2 is 1.92 bits per heavy atom. The first-order valence-corrected chi connectivity index (χ1v) is 4.37. The third kappa shape index (κ3) is 2.38. The maximum Gasteiger partial charge on any atom is 0.417 e. The van der Waals surface area contributed by atoms with Gasteiger partial charge in [-0.25, -0.2) is 0 Å². The number of nitrogens with two attached hydrogens (primary N) is 1. The van der Waals surface area contributed by atoms with Gasteiger partial charge in [0.25, 0.3) is 0 Å². The van der Waals surface area contributed by atoms with E-state index in [-0.39, 0.29) is 4.90 Å². The molecular weight excluding hydrogens is 199 g/mol. The summed E-state index contributed by atoms with van der Waals surface area (Å²) in [4.78, 5) is 0.0538. The van der Waals surface area contributed by atoms with Crippen molar-refractivity contribution in [1.29, 1.82) is 0 Å². The minimum atomic E-state index is -4.33. The van der Waals surface area contributed by atoms with Crippen molar-refractivity contribution in [3.05, 3.63) is 29.3 Å².